The smallest absolute Gasteiger partial charge is 0.268 e. The van der Waals surface area contributed by atoms with Crippen LogP contribution >= 0.6 is 0 Å². The maximum Gasteiger partial charge on any atom is 0.321 e. The Bertz CT molecular complexity index is 813. The topological polar surface area (TPSA) is 33.2 Å². The monoisotopic (exact) mass is 328 g/mol. The van der Waals surface area contributed by atoms with E-state index >= 15 is 0 Å². The van der Waals surface area contributed by atoms with Gasteiger partial charge in [0, 0.05) is 23.4 Å². The molecule has 1 aromatic heterocycles. The molecule has 0 bridgehead atoms. The normalized spacial score (nSPS) is 15.2. The van der Waals surface area contributed by atoms with E-state index in [0.717, 1.165) is 11.1 Å². The third-order valence-corrected chi connectivity index (χ3v) is 4.29. The van der Waals surface area contributed by atoms with Gasteiger partial charge in [-0.3, -0.25) is 9.78 Å². The lowest BCUT2D eigenvalue weighted by molar-refractivity contribution is 0.0838. The number of benzene rings is 1. The molecule has 1 aliphatic rings. The predicted octanol–water partition coefficient (Wildman–Crippen LogP) is 4.65. The van der Waals surface area contributed by atoms with Crippen LogP contribution < -0.4 is 4.90 Å². The summed E-state index contributed by atoms with van der Waals surface area (Å²) in [5.41, 5.74) is 2.67. The molecule has 1 aliphatic carbocycles. The van der Waals surface area contributed by atoms with E-state index in [9.17, 15) is 13.6 Å². The van der Waals surface area contributed by atoms with E-state index in [1.54, 1.807) is 18.2 Å². The first kappa shape index (κ1) is 16.3. The maximum atomic E-state index is 13.8. The Balaban J connectivity index is 2.15. The first-order valence-corrected chi connectivity index (χ1v) is 7.68. The number of fused-ring (bicyclic) bond motifs is 1. The van der Waals surface area contributed by atoms with Gasteiger partial charge < -0.3 is 0 Å². The molecular weight excluding hydrogens is 310 g/mol. The third kappa shape index (κ3) is 2.60. The van der Waals surface area contributed by atoms with Crippen molar-refractivity contribution >= 4 is 17.2 Å². The summed E-state index contributed by atoms with van der Waals surface area (Å²) in [4.78, 5) is 17.0. The van der Waals surface area contributed by atoms with E-state index in [2.05, 4.69) is 4.98 Å². The van der Waals surface area contributed by atoms with Crippen LogP contribution in [-0.4, -0.2) is 17.4 Å². The molecule has 0 spiro atoms. The lowest BCUT2D eigenvalue weighted by atomic mass is 9.86. The largest absolute Gasteiger partial charge is 0.321 e. The highest BCUT2D eigenvalue weighted by Crippen LogP contribution is 2.45. The van der Waals surface area contributed by atoms with Crippen LogP contribution in [0.25, 0.3) is 5.57 Å². The van der Waals surface area contributed by atoms with Crippen LogP contribution in [0.4, 0.5) is 14.5 Å². The quantitative estimate of drug-likeness (QED) is 0.769. The first-order chi connectivity index (χ1) is 11.3. The number of carbonyl (C=O) groups excluding carboxylic acids is 1. The second-order valence-electron chi connectivity index (χ2n) is 6.44. The summed E-state index contributed by atoms with van der Waals surface area (Å²) in [6.07, 6.45) is 4.84. The zero-order valence-corrected chi connectivity index (χ0v) is 13.8. The van der Waals surface area contributed by atoms with Crippen molar-refractivity contribution in [2.45, 2.75) is 32.7 Å². The molecule has 1 aromatic carbocycles. The average molecular weight is 328 g/mol. The minimum atomic E-state index is -2.94. The SMILES string of the molecule is CC1=CC(C)(C)c2cccc(N(C(=O)c3cccnc3)C(F)F)c21. The Morgan fingerprint density at radius 1 is 1.21 bits per heavy atom. The number of hydrogen-bond donors (Lipinski definition) is 0. The third-order valence-electron chi connectivity index (χ3n) is 4.29. The summed E-state index contributed by atoms with van der Waals surface area (Å²) in [5.74, 6) is -0.760. The standard InChI is InChI=1S/C19H18F2N2O/c1-12-10-19(2,3)14-7-4-8-15(16(12)14)23(18(20)21)17(24)13-6-5-9-22-11-13/h4-11,18H,1-3H3. The second kappa shape index (κ2) is 5.82. The summed E-state index contributed by atoms with van der Waals surface area (Å²) in [6.45, 7) is 3.00. The molecule has 0 unspecified atom stereocenters. The highest BCUT2D eigenvalue weighted by atomic mass is 19.3. The van der Waals surface area contributed by atoms with Crippen LogP contribution in [0, 0.1) is 0 Å². The molecule has 0 radical (unpaired) electrons. The molecule has 1 amide bonds. The van der Waals surface area contributed by atoms with Crippen molar-refractivity contribution in [1.29, 1.82) is 0 Å². The van der Waals surface area contributed by atoms with Crippen molar-refractivity contribution in [2.75, 3.05) is 4.90 Å². The number of halogens is 2. The summed E-state index contributed by atoms with van der Waals surface area (Å²) in [7, 11) is 0. The van der Waals surface area contributed by atoms with E-state index in [1.165, 1.54) is 18.5 Å². The average Bonchev–Trinajstić information content (AvgIpc) is 2.78. The van der Waals surface area contributed by atoms with Gasteiger partial charge in [-0.25, -0.2) is 4.90 Å². The Kier molecular flexibility index (Phi) is 3.95. The van der Waals surface area contributed by atoms with Crippen LogP contribution in [0.5, 0.6) is 0 Å². The molecule has 0 aliphatic heterocycles. The molecule has 5 heteroatoms. The van der Waals surface area contributed by atoms with E-state index in [4.69, 9.17) is 0 Å². The molecule has 2 aromatic rings. The molecule has 0 saturated carbocycles. The van der Waals surface area contributed by atoms with Crippen molar-refractivity contribution < 1.29 is 13.6 Å². The highest BCUT2D eigenvalue weighted by molar-refractivity contribution is 6.07. The molecular formula is C19H18F2N2O. The molecule has 0 fully saturated rings. The van der Waals surface area contributed by atoms with Gasteiger partial charge in [0.15, 0.2) is 0 Å². The predicted molar refractivity (Wildman–Crippen MR) is 90.2 cm³/mol. The number of pyridine rings is 1. The molecule has 3 nitrogen and oxygen atoms in total. The van der Waals surface area contributed by atoms with Crippen molar-refractivity contribution in [1.82, 2.24) is 4.98 Å². The first-order valence-electron chi connectivity index (χ1n) is 7.68. The van der Waals surface area contributed by atoms with Crippen molar-refractivity contribution in [3.63, 3.8) is 0 Å². The lowest BCUT2D eigenvalue weighted by Gasteiger charge is -2.26. The number of rotatable bonds is 3. The van der Waals surface area contributed by atoms with Gasteiger partial charge in [-0.2, -0.15) is 8.78 Å². The number of anilines is 1. The van der Waals surface area contributed by atoms with E-state index in [0.29, 0.717) is 10.5 Å². The Morgan fingerprint density at radius 2 is 1.96 bits per heavy atom. The van der Waals surface area contributed by atoms with Crippen molar-refractivity contribution in [3.8, 4) is 0 Å². The van der Waals surface area contributed by atoms with Gasteiger partial charge in [0.2, 0.25) is 0 Å². The van der Waals surface area contributed by atoms with Crippen LogP contribution in [0.1, 0.15) is 42.3 Å². The fourth-order valence-electron chi connectivity index (χ4n) is 3.31. The maximum absolute atomic E-state index is 13.8. The van der Waals surface area contributed by atoms with Crippen LogP contribution in [0.2, 0.25) is 0 Å². The number of nitrogens with zero attached hydrogens (tertiary/aromatic N) is 2. The summed E-state index contributed by atoms with van der Waals surface area (Å²) in [5, 5.41) is 0. The number of allylic oxidation sites excluding steroid dienone is 2. The van der Waals surface area contributed by atoms with E-state index < -0.39 is 12.5 Å². The Labute approximate surface area is 139 Å². The number of aromatic nitrogens is 1. The highest BCUT2D eigenvalue weighted by Gasteiger charge is 2.35. The zero-order valence-electron chi connectivity index (χ0n) is 13.8. The summed E-state index contributed by atoms with van der Waals surface area (Å²) < 4.78 is 27.5. The second-order valence-corrected chi connectivity index (χ2v) is 6.44. The minimum Gasteiger partial charge on any atom is -0.268 e. The van der Waals surface area contributed by atoms with Crippen molar-refractivity contribution in [3.05, 3.63) is 65.5 Å². The molecule has 124 valence electrons. The number of hydrogen-bond acceptors (Lipinski definition) is 2. The van der Waals surface area contributed by atoms with Gasteiger partial charge in [0.25, 0.3) is 5.91 Å². The fourth-order valence-corrected chi connectivity index (χ4v) is 3.31. The van der Waals surface area contributed by atoms with Gasteiger partial charge >= 0.3 is 6.55 Å². The zero-order chi connectivity index (χ0) is 17.5. The van der Waals surface area contributed by atoms with Gasteiger partial charge in [-0.1, -0.05) is 32.1 Å². The molecule has 1 heterocycles. The number of carbonyl (C=O) groups is 1. The van der Waals surface area contributed by atoms with Crippen LogP contribution in [0.3, 0.4) is 0 Å². The molecule has 0 N–H and O–H groups in total. The van der Waals surface area contributed by atoms with Gasteiger partial charge in [0.1, 0.15) is 0 Å². The molecule has 3 rings (SSSR count). The van der Waals surface area contributed by atoms with Crippen LogP contribution in [0.15, 0.2) is 48.8 Å². The van der Waals surface area contributed by atoms with E-state index in [1.807, 2.05) is 32.9 Å². The van der Waals surface area contributed by atoms with Gasteiger partial charge in [-0.05, 0) is 36.3 Å². The Hall–Kier alpha value is -2.56. The van der Waals surface area contributed by atoms with E-state index in [-0.39, 0.29) is 16.7 Å². The lowest BCUT2D eigenvalue weighted by Crippen LogP contribution is -2.36. The fraction of sp³-hybridized carbons (Fsp3) is 0.263. The van der Waals surface area contributed by atoms with Crippen LogP contribution in [-0.2, 0) is 5.41 Å². The minimum absolute atomic E-state index is 0.134. The number of alkyl halides is 2. The van der Waals surface area contributed by atoms with Gasteiger partial charge in [-0.15, -0.1) is 0 Å². The molecule has 24 heavy (non-hydrogen) atoms. The number of amides is 1. The van der Waals surface area contributed by atoms with Crippen molar-refractivity contribution in [2.24, 2.45) is 0 Å². The molecule has 0 saturated heterocycles. The molecule has 0 atom stereocenters. The summed E-state index contributed by atoms with van der Waals surface area (Å²) >= 11 is 0. The summed E-state index contributed by atoms with van der Waals surface area (Å²) in [6, 6.07) is 8.25. The van der Waals surface area contributed by atoms with Gasteiger partial charge in [0.05, 0.1) is 11.3 Å². The Morgan fingerprint density at radius 3 is 2.58 bits per heavy atom.